The molecule has 1 heterocycles. The first-order chi connectivity index (χ1) is 13.4. The molecular formula is C21H26N4O3. The van der Waals surface area contributed by atoms with Gasteiger partial charge in [-0.25, -0.2) is 0 Å². The average Bonchev–Trinajstić information content (AvgIpc) is 2.70. The molecule has 0 spiro atoms. The first kappa shape index (κ1) is 19.8. The van der Waals surface area contributed by atoms with Crippen molar-refractivity contribution in [3.05, 3.63) is 63.7 Å². The molecule has 3 rings (SSSR count). The van der Waals surface area contributed by atoms with Crippen LogP contribution in [0.4, 0.5) is 17.1 Å². The van der Waals surface area contributed by atoms with E-state index in [9.17, 15) is 14.9 Å². The van der Waals surface area contributed by atoms with Crippen molar-refractivity contribution in [3.63, 3.8) is 0 Å². The van der Waals surface area contributed by atoms with E-state index >= 15 is 0 Å². The van der Waals surface area contributed by atoms with E-state index in [4.69, 9.17) is 0 Å². The number of carbonyl (C=O) groups excluding carboxylic acids is 1. The van der Waals surface area contributed by atoms with E-state index in [0.717, 1.165) is 16.8 Å². The van der Waals surface area contributed by atoms with Gasteiger partial charge in [-0.1, -0.05) is 24.3 Å². The quantitative estimate of drug-likeness (QED) is 0.634. The molecule has 1 atom stereocenters. The molecule has 0 aliphatic carbocycles. The molecule has 1 unspecified atom stereocenters. The summed E-state index contributed by atoms with van der Waals surface area (Å²) in [5.74, 6) is -0.0344. The van der Waals surface area contributed by atoms with E-state index in [1.165, 1.54) is 6.07 Å². The molecule has 28 heavy (non-hydrogen) atoms. The van der Waals surface area contributed by atoms with Crippen LogP contribution in [-0.4, -0.2) is 48.0 Å². The van der Waals surface area contributed by atoms with Gasteiger partial charge in [0.25, 0.3) is 5.69 Å². The summed E-state index contributed by atoms with van der Waals surface area (Å²) in [6, 6.07) is 12.5. The molecule has 148 valence electrons. The highest BCUT2D eigenvalue weighted by molar-refractivity contribution is 5.95. The van der Waals surface area contributed by atoms with Gasteiger partial charge in [-0.3, -0.25) is 19.8 Å². The molecule has 1 fully saturated rings. The van der Waals surface area contributed by atoms with E-state index in [1.807, 2.05) is 49.9 Å². The smallest absolute Gasteiger partial charge is 0.292 e. The van der Waals surface area contributed by atoms with Gasteiger partial charge in [0, 0.05) is 37.9 Å². The first-order valence-electron chi connectivity index (χ1n) is 9.47. The van der Waals surface area contributed by atoms with Gasteiger partial charge in [-0.2, -0.15) is 0 Å². The van der Waals surface area contributed by atoms with Gasteiger partial charge < -0.3 is 10.2 Å². The maximum Gasteiger partial charge on any atom is 0.292 e. The van der Waals surface area contributed by atoms with Gasteiger partial charge in [0.15, 0.2) is 0 Å². The Bertz CT molecular complexity index is 876. The third-order valence-electron chi connectivity index (χ3n) is 5.31. The number of aryl methyl sites for hydroxylation is 2. The highest BCUT2D eigenvalue weighted by atomic mass is 16.6. The molecule has 1 aliphatic rings. The van der Waals surface area contributed by atoms with Crippen LogP contribution in [0.3, 0.4) is 0 Å². The number of rotatable bonds is 5. The summed E-state index contributed by atoms with van der Waals surface area (Å²) in [5.41, 5.74) is 3.74. The molecule has 1 amide bonds. The number of hydrogen-bond donors (Lipinski definition) is 1. The van der Waals surface area contributed by atoms with E-state index in [1.54, 1.807) is 12.1 Å². The van der Waals surface area contributed by atoms with Crippen molar-refractivity contribution in [2.75, 3.05) is 36.4 Å². The predicted molar refractivity (Wildman–Crippen MR) is 111 cm³/mol. The summed E-state index contributed by atoms with van der Waals surface area (Å²) in [5, 5.41) is 14.3. The third kappa shape index (κ3) is 4.31. The van der Waals surface area contributed by atoms with Gasteiger partial charge in [-0.15, -0.1) is 0 Å². The lowest BCUT2D eigenvalue weighted by atomic mass is 10.1. The summed E-state index contributed by atoms with van der Waals surface area (Å²) in [6.45, 7) is 8.52. The molecule has 0 aromatic heterocycles. The topological polar surface area (TPSA) is 78.7 Å². The zero-order valence-corrected chi connectivity index (χ0v) is 16.5. The van der Waals surface area contributed by atoms with Crippen molar-refractivity contribution >= 4 is 23.0 Å². The van der Waals surface area contributed by atoms with Gasteiger partial charge >= 0.3 is 0 Å². The Morgan fingerprint density at radius 2 is 1.79 bits per heavy atom. The Kier molecular flexibility index (Phi) is 5.94. The lowest BCUT2D eigenvalue weighted by molar-refractivity contribution is -0.384. The third-order valence-corrected chi connectivity index (χ3v) is 5.31. The fourth-order valence-electron chi connectivity index (χ4n) is 3.51. The first-order valence-corrected chi connectivity index (χ1v) is 9.47. The van der Waals surface area contributed by atoms with Crippen LogP contribution in [0, 0.1) is 24.0 Å². The van der Waals surface area contributed by atoms with Crippen molar-refractivity contribution in [1.29, 1.82) is 0 Å². The normalized spacial score (nSPS) is 15.9. The van der Waals surface area contributed by atoms with Crippen LogP contribution in [0.1, 0.15) is 18.1 Å². The van der Waals surface area contributed by atoms with Crippen LogP contribution < -0.4 is 10.2 Å². The monoisotopic (exact) mass is 382 g/mol. The minimum atomic E-state index is -0.345. The highest BCUT2D eigenvalue weighted by Crippen LogP contribution is 2.28. The van der Waals surface area contributed by atoms with Gasteiger partial charge in [-0.05, 0) is 44.0 Å². The highest BCUT2D eigenvalue weighted by Gasteiger charge is 2.28. The number of anilines is 2. The minimum Gasteiger partial charge on any atom is -0.363 e. The second kappa shape index (κ2) is 8.39. The van der Waals surface area contributed by atoms with Crippen molar-refractivity contribution in [2.24, 2.45) is 0 Å². The van der Waals surface area contributed by atoms with Crippen LogP contribution >= 0.6 is 0 Å². The minimum absolute atomic E-state index is 0.0344. The molecule has 0 radical (unpaired) electrons. The van der Waals surface area contributed by atoms with Gasteiger partial charge in [0.1, 0.15) is 5.69 Å². The zero-order chi connectivity index (χ0) is 20.3. The Hall–Kier alpha value is -2.93. The molecule has 1 aliphatic heterocycles. The number of nitrogens with one attached hydrogen (secondary N) is 1. The van der Waals surface area contributed by atoms with E-state index in [2.05, 4.69) is 10.2 Å². The Morgan fingerprint density at radius 1 is 1.11 bits per heavy atom. The standard InChI is InChI=1S/C21H26N4O3/c1-15-8-9-16(2)18(14-15)22-21(26)17(3)23-10-12-24(13-11-23)19-6-4-5-7-20(19)25(27)28/h4-9,14,17H,10-13H2,1-3H3,(H,22,26). The maximum atomic E-state index is 12.7. The van der Waals surface area contributed by atoms with E-state index in [-0.39, 0.29) is 22.6 Å². The maximum absolute atomic E-state index is 12.7. The van der Waals surface area contributed by atoms with Crippen LogP contribution in [0.25, 0.3) is 0 Å². The van der Waals surface area contributed by atoms with Crippen molar-refractivity contribution in [2.45, 2.75) is 26.8 Å². The van der Waals surface area contributed by atoms with Crippen LogP contribution in [0.2, 0.25) is 0 Å². The number of benzene rings is 2. The number of piperazine rings is 1. The SMILES string of the molecule is Cc1ccc(C)c(NC(=O)C(C)N2CCN(c3ccccc3[N+](=O)[O-])CC2)c1. The molecule has 7 heteroatoms. The number of amides is 1. The second-order valence-corrected chi connectivity index (χ2v) is 7.25. The Balaban J connectivity index is 1.62. The molecular weight excluding hydrogens is 356 g/mol. The van der Waals surface area contributed by atoms with Gasteiger partial charge in [0.05, 0.1) is 11.0 Å². The summed E-state index contributed by atoms with van der Waals surface area (Å²) >= 11 is 0. The van der Waals surface area contributed by atoms with Crippen molar-refractivity contribution in [1.82, 2.24) is 4.90 Å². The molecule has 2 aromatic rings. The molecule has 0 saturated carbocycles. The number of hydrogen-bond acceptors (Lipinski definition) is 5. The largest absolute Gasteiger partial charge is 0.363 e. The molecule has 2 aromatic carbocycles. The summed E-state index contributed by atoms with van der Waals surface area (Å²) < 4.78 is 0. The fraction of sp³-hybridized carbons (Fsp3) is 0.381. The fourth-order valence-corrected chi connectivity index (χ4v) is 3.51. The summed E-state index contributed by atoms with van der Waals surface area (Å²) in [7, 11) is 0. The van der Waals surface area contributed by atoms with Crippen molar-refractivity contribution in [3.8, 4) is 0 Å². The van der Waals surface area contributed by atoms with Crippen LogP contribution in [0.15, 0.2) is 42.5 Å². The Morgan fingerprint density at radius 3 is 2.46 bits per heavy atom. The molecule has 1 N–H and O–H groups in total. The van der Waals surface area contributed by atoms with Crippen LogP contribution in [-0.2, 0) is 4.79 Å². The zero-order valence-electron chi connectivity index (χ0n) is 16.5. The lowest BCUT2D eigenvalue weighted by Crippen LogP contribution is -2.53. The molecule has 7 nitrogen and oxygen atoms in total. The van der Waals surface area contributed by atoms with Crippen LogP contribution in [0.5, 0.6) is 0 Å². The number of para-hydroxylation sites is 2. The summed E-state index contributed by atoms with van der Waals surface area (Å²) in [4.78, 5) is 27.8. The van der Waals surface area contributed by atoms with E-state index < -0.39 is 0 Å². The van der Waals surface area contributed by atoms with Crippen molar-refractivity contribution < 1.29 is 9.72 Å². The Labute approximate surface area is 165 Å². The number of carbonyl (C=O) groups is 1. The molecule has 0 bridgehead atoms. The van der Waals surface area contributed by atoms with Gasteiger partial charge in [0.2, 0.25) is 5.91 Å². The predicted octanol–water partition coefficient (Wildman–Crippen LogP) is 3.36. The lowest BCUT2D eigenvalue weighted by Gasteiger charge is -2.38. The average molecular weight is 382 g/mol. The number of nitrogens with zero attached hydrogens (tertiary/aromatic N) is 3. The molecule has 1 saturated heterocycles. The summed E-state index contributed by atoms with van der Waals surface area (Å²) in [6.07, 6.45) is 0. The number of nitro benzene ring substituents is 1. The number of nitro groups is 1. The van der Waals surface area contributed by atoms with E-state index in [0.29, 0.717) is 31.9 Å². The second-order valence-electron chi connectivity index (χ2n) is 7.25.